The van der Waals surface area contributed by atoms with Gasteiger partial charge in [-0.25, -0.2) is 4.57 Å². The van der Waals surface area contributed by atoms with Crippen molar-refractivity contribution in [2.75, 3.05) is 40.9 Å². The van der Waals surface area contributed by atoms with Crippen LogP contribution in [-0.4, -0.2) is 74.3 Å². The highest BCUT2D eigenvalue weighted by Gasteiger charge is 2.30. The molecule has 0 aromatic carbocycles. The molecule has 0 fully saturated rings. The van der Waals surface area contributed by atoms with Crippen LogP contribution in [0, 0.1) is 0 Å². The Hall–Kier alpha value is -1.51. The van der Waals surface area contributed by atoms with Crippen molar-refractivity contribution >= 4 is 19.7 Å². The number of nitrogens with zero attached hydrogens (tertiary/aromatic N) is 1. The van der Waals surface area contributed by atoms with Crippen molar-refractivity contribution < 1.29 is 37.3 Å². The second-order valence-electron chi connectivity index (χ2n) is 22.6. The van der Waals surface area contributed by atoms with E-state index in [1.807, 2.05) is 33.3 Å². The summed E-state index contributed by atoms with van der Waals surface area (Å²) in [6, 6.07) is -0.842. The lowest BCUT2D eigenvalue weighted by Gasteiger charge is -2.27. The summed E-state index contributed by atoms with van der Waals surface area (Å²) in [7, 11) is 1.51. The summed E-state index contributed by atoms with van der Waals surface area (Å²) in [6.07, 6.45) is 61.7. The van der Waals surface area contributed by atoms with E-state index in [1.54, 1.807) is 0 Å². The minimum atomic E-state index is -4.44. The molecule has 3 unspecified atom stereocenters. The number of unbranched alkanes of at least 4 members (excludes halogenated alkanes) is 39. The van der Waals surface area contributed by atoms with Gasteiger partial charge in [0.25, 0.3) is 0 Å². The first-order valence-corrected chi connectivity index (χ1v) is 32.7. The fourth-order valence-corrected chi connectivity index (χ4v) is 10.0. The smallest absolute Gasteiger partial charge is 0.456 e. The molecule has 0 radical (unpaired) electrons. The van der Waals surface area contributed by atoms with Gasteiger partial charge in [-0.1, -0.05) is 264 Å². The molecule has 0 spiro atoms. The monoisotopic (exact) mass is 1040 g/mol. The zero-order chi connectivity index (χ0) is 52.9. The highest BCUT2D eigenvalue weighted by Crippen LogP contribution is 2.43. The van der Waals surface area contributed by atoms with Crippen LogP contribution in [0.15, 0.2) is 24.3 Å². The molecule has 0 heterocycles. The van der Waals surface area contributed by atoms with E-state index >= 15 is 0 Å². The quantitative estimate of drug-likeness (QED) is 0.0205. The molecule has 1 amide bonds. The number of hydrogen-bond donors (Lipinski definition) is 2. The molecule has 10 heteroatoms. The molecule has 72 heavy (non-hydrogen) atoms. The van der Waals surface area contributed by atoms with E-state index in [1.165, 1.54) is 218 Å². The van der Waals surface area contributed by atoms with Gasteiger partial charge in [-0.3, -0.25) is 18.6 Å². The van der Waals surface area contributed by atoms with Crippen molar-refractivity contribution in [3.05, 3.63) is 24.3 Å². The van der Waals surface area contributed by atoms with Crippen molar-refractivity contribution in [2.24, 2.45) is 0 Å². The predicted molar refractivity (Wildman–Crippen MR) is 310 cm³/mol. The van der Waals surface area contributed by atoms with Gasteiger partial charge in [0, 0.05) is 12.8 Å². The Morgan fingerprint density at radius 2 is 0.806 bits per heavy atom. The van der Waals surface area contributed by atoms with Crippen molar-refractivity contribution in [3.8, 4) is 0 Å². The Bertz CT molecular complexity index is 1290. The van der Waals surface area contributed by atoms with E-state index in [-0.39, 0.29) is 25.1 Å². The maximum atomic E-state index is 13.5. The van der Waals surface area contributed by atoms with E-state index in [0.29, 0.717) is 23.9 Å². The lowest BCUT2D eigenvalue weighted by molar-refractivity contribution is -0.870. The van der Waals surface area contributed by atoms with Gasteiger partial charge in [0.05, 0.1) is 33.8 Å². The van der Waals surface area contributed by atoms with Gasteiger partial charge in [-0.15, -0.1) is 0 Å². The van der Waals surface area contributed by atoms with E-state index in [2.05, 4.69) is 38.2 Å². The fraction of sp³-hybridized carbons (Fsp3) is 0.903. The van der Waals surface area contributed by atoms with Gasteiger partial charge >= 0.3 is 13.8 Å². The molecule has 0 aliphatic rings. The normalized spacial score (nSPS) is 13.8. The number of rotatable bonds is 57. The van der Waals surface area contributed by atoms with Crippen LogP contribution in [-0.2, 0) is 27.9 Å². The predicted octanol–water partition coefficient (Wildman–Crippen LogP) is 18.9. The number of quaternary nitrogens is 1. The lowest BCUT2D eigenvalue weighted by Crippen LogP contribution is -2.47. The summed E-state index contributed by atoms with van der Waals surface area (Å²) in [5, 5.41) is 3.06. The number of hydrogen-bond acceptors (Lipinski definition) is 6. The van der Waals surface area contributed by atoms with Crippen LogP contribution in [0.25, 0.3) is 0 Å². The van der Waals surface area contributed by atoms with Crippen LogP contribution in [0.2, 0.25) is 0 Å². The second-order valence-corrected chi connectivity index (χ2v) is 24.0. The van der Waals surface area contributed by atoms with Crippen molar-refractivity contribution in [1.82, 2.24) is 5.32 Å². The van der Waals surface area contributed by atoms with Gasteiger partial charge < -0.3 is 19.4 Å². The number of carbonyl (C=O) groups excluding carboxylic acids is 2. The minimum absolute atomic E-state index is 0.0437. The summed E-state index contributed by atoms with van der Waals surface area (Å²) < 4.78 is 30.7. The molecule has 0 saturated heterocycles. The van der Waals surface area contributed by atoms with Crippen LogP contribution < -0.4 is 5.32 Å². The van der Waals surface area contributed by atoms with Gasteiger partial charge in [-0.2, -0.15) is 0 Å². The van der Waals surface area contributed by atoms with Crippen LogP contribution in [0.5, 0.6) is 0 Å². The topological polar surface area (TPSA) is 111 Å². The van der Waals surface area contributed by atoms with E-state index < -0.39 is 20.0 Å². The Morgan fingerprint density at radius 3 is 1.18 bits per heavy atom. The molecule has 9 nitrogen and oxygen atoms in total. The maximum absolute atomic E-state index is 13.5. The van der Waals surface area contributed by atoms with Crippen molar-refractivity contribution in [3.63, 3.8) is 0 Å². The number of likely N-dealkylation sites (N-methyl/N-ethyl adjacent to an activating group) is 1. The van der Waals surface area contributed by atoms with Crippen LogP contribution in [0.3, 0.4) is 0 Å². The summed E-state index contributed by atoms with van der Waals surface area (Å²) >= 11 is 0. The van der Waals surface area contributed by atoms with Crippen LogP contribution >= 0.6 is 7.82 Å². The Balaban J connectivity index is 5.14. The number of amides is 1. The third-order valence-corrected chi connectivity index (χ3v) is 15.1. The molecule has 0 aromatic rings. The van der Waals surface area contributed by atoms with Gasteiger partial charge in [-0.05, 0) is 57.4 Å². The average Bonchev–Trinajstić information content (AvgIpc) is 3.34. The number of allylic oxidation sites excluding steroid dienone is 3. The van der Waals surface area contributed by atoms with Gasteiger partial charge in [0.15, 0.2) is 0 Å². The molecular formula is C62H122N2O7P+. The standard InChI is InChI=1S/C62H121N2O7P/c1-7-10-13-16-19-22-25-27-29-30-31-32-33-34-35-36-39-42-45-48-51-54-61(65)63-59(58-70-72(67,68)69-57-56-64(4,5)6)60(53-50-47-44-41-38-24-21-18-15-12-9-3)71-62(66)55-52-49-46-43-40-37-28-26-23-20-17-14-11-8-2/h27,29,50,53,59-60H,7-26,28,30-49,51-52,54-58H2,1-6H3,(H-,63,65,67,68)/p+1/b29-27+,53-50-. The van der Waals surface area contributed by atoms with Crippen molar-refractivity contribution in [1.29, 1.82) is 0 Å². The Morgan fingerprint density at radius 1 is 0.472 bits per heavy atom. The first kappa shape index (κ1) is 70.5. The van der Waals surface area contributed by atoms with E-state index in [9.17, 15) is 19.0 Å². The zero-order valence-corrected chi connectivity index (χ0v) is 49.6. The highest BCUT2D eigenvalue weighted by atomic mass is 31.2. The number of esters is 1. The number of ether oxygens (including phenoxy) is 1. The average molecular weight is 1040 g/mol. The molecule has 3 atom stereocenters. The fourth-order valence-electron chi connectivity index (χ4n) is 9.29. The molecule has 0 bridgehead atoms. The van der Waals surface area contributed by atoms with Gasteiger partial charge in [0.2, 0.25) is 5.91 Å². The zero-order valence-electron chi connectivity index (χ0n) is 48.7. The molecular weight excluding hydrogens is 916 g/mol. The molecule has 0 rings (SSSR count). The third kappa shape index (κ3) is 53.3. The minimum Gasteiger partial charge on any atom is -0.456 e. The summed E-state index contributed by atoms with van der Waals surface area (Å²) in [5.41, 5.74) is 0. The molecule has 0 aliphatic carbocycles. The summed E-state index contributed by atoms with van der Waals surface area (Å²) in [6.45, 7) is 7.04. The number of nitrogens with one attached hydrogen (secondary N) is 1. The molecule has 2 N–H and O–H groups in total. The molecule has 0 aromatic heterocycles. The summed E-state index contributed by atoms with van der Waals surface area (Å²) in [5.74, 6) is -0.491. The maximum Gasteiger partial charge on any atom is 0.472 e. The molecule has 426 valence electrons. The van der Waals surface area contributed by atoms with Gasteiger partial charge in [0.1, 0.15) is 19.3 Å². The highest BCUT2D eigenvalue weighted by molar-refractivity contribution is 7.47. The van der Waals surface area contributed by atoms with Crippen molar-refractivity contribution in [2.45, 2.75) is 322 Å². The summed E-state index contributed by atoms with van der Waals surface area (Å²) in [4.78, 5) is 37.6. The number of phosphoric ester groups is 1. The largest absolute Gasteiger partial charge is 0.472 e. The first-order chi connectivity index (χ1) is 34.9. The van der Waals surface area contributed by atoms with Crippen LogP contribution in [0.1, 0.15) is 310 Å². The number of carbonyl (C=O) groups is 2. The van der Waals surface area contributed by atoms with Crippen LogP contribution in [0.4, 0.5) is 0 Å². The lowest BCUT2D eigenvalue weighted by atomic mass is 10.0. The van der Waals surface area contributed by atoms with E-state index in [4.69, 9.17) is 13.8 Å². The Labute approximate surface area is 447 Å². The Kier molecular flexibility index (Phi) is 51.8. The molecule has 0 saturated carbocycles. The third-order valence-electron chi connectivity index (χ3n) is 14.1. The SMILES string of the molecule is CCCCCCCC/C=C/CCCCCCCCCCCCCC(=O)NC(COP(=O)(O)OCC[N+](C)(C)C)C(/C=C\CCCCCCCCCCC)OC(=O)CCCCCCCCCCCCCCCC. The number of phosphoric acid groups is 1. The van der Waals surface area contributed by atoms with E-state index in [0.717, 1.165) is 57.8 Å². The first-order valence-electron chi connectivity index (χ1n) is 31.2. The molecule has 0 aliphatic heterocycles. The second kappa shape index (κ2) is 52.9.